The molecule has 3 rings (SSSR count). The van der Waals surface area contributed by atoms with Crippen LogP contribution in [-0.2, 0) is 0 Å². The predicted molar refractivity (Wildman–Crippen MR) is 86.7 cm³/mol. The number of nitrogens with zero attached hydrogens (tertiary/aromatic N) is 3. The summed E-state index contributed by atoms with van der Waals surface area (Å²) in [5, 5.41) is 14.1. The van der Waals surface area contributed by atoms with Gasteiger partial charge in [-0.25, -0.2) is 0 Å². The number of amides is 1. The van der Waals surface area contributed by atoms with E-state index in [-0.39, 0.29) is 16.3 Å². The lowest BCUT2D eigenvalue weighted by molar-refractivity contribution is -0.297. The molecule has 1 aliphatic heterocycles. The molecule has 5 nitrogen and oxygen atoms in total. The van der Waals surface area contributed by atoms with Crippen LogP contribution in [0.4, 0.5) is 13.2 Å². The summed E-state index contributed by atoms with van der Waals surface area (Å²) >= 11 is 3.16. The van der Waals surface area contributed by atoms with Gasteiger partial charge in [-0.1, -0.05) is 22.0 Å². The summed E-state index contributed by atoms with van der Waals surface area (Å²) in [6, 6.07) is 8.77. The Bertz CT molecular complexity index is 842. The van der Waals surface area contributed by atoms with Crippen LogP contribution in [0.25, 0.3) is 0 Å². The Balaban J connectivity index is 2.06. The van der Waals surface area contributed by atoms with Crippen LogP contribution < -0.4 is 0 Å². The highest BCUT2D eigenvalue weighted by Crippen LogP contribution is 2.42. The zero-order chi connectivity index (χ0) is 18.2. The minimum absolute atomic E-state index is 0.0308. The number of hydrogen-bond acceptors (Lipinski definition) is 4. The van der Waals surface area contributed by atoms with Crippen LogP contribution in [0.3, 0.4) is 0 Å². The van der Waals surface area contributed by atoms with Crippen molar-refractivity contribution in [1.29, 1.82) is 0 Å². The van der Waals surface area contributed by atoms with E-state index in [1.54, 1.807) is 6.07 Å². The molecule has 2 aromatic rings. The van der Waals surface area contributed by atoms with Gasteiger partial charge in [-0.3, -0.25) is 9.78 Å². The summed E-state index contributed by atoms with van der Waals surface area (Å²) in [4.78, 5) is 16.4. The second-order valence-corrected chi connectivity index (χ2v) is 6.32. The second-order valence-electron chi connectivity index (χ2n) is 5.40. The highest BCUT2D eigenvalue weighted by Gasteiger charge is 2.63. The van der Waals surface area contributed by atoms with Crippen LogP contribution in [0.1, 0.15) is 22.3 Å². The van der Waals surface area contributed by atoms with Crippen molar-refractivity contribution < 1.29 is 23.1 Å². The molecular formula is C16H11BrF3N3O2. The van der Waals surface area contributed by atoms with Crippen molar-refractivity contribution >= 4 is 27.5 Å². The molecule has 0 saturated carbocycles. The number of carbonyl (C=O) groups is 1. The Kier molecular flexibility index (Phi) is 4.38. The van der Waals surface area contributed by atoms with Crippen molar-refractivity contribution in [2.75, 3.05) is 0 Å². The van der Waals surface area contributed by atoms with Gasteiger partial charge >= 0.3 is 6.18 Å². The smallest absolute Gasteiger partial charge is 0.362 e. The first kappa shape index (κ1) is 17.6. The quantitative estimate of drug-likeness (QED) is 0.820. The molecule has 0 fully saturated rings. The number of hydrogen-bond donors (Lipinski definition) is 1. The fourth-order valence-electron chi connectivity index (χ4n) is 2.43. The Morgan fingerprint density at radius 1 is 1.24 bits per heavy atom. The van der Waals surface area contributed by atoms with Crippen molar-refractivity contribution in [3.05, 3.63) is 64.4 Å². The molecule has 1 aromatic heterocycles. The number of alkyl halides is 3. The largest absolute Gasteiger partial charge is 0.438 e. The molecule has 130 valence electrons. The molecule has 25 heavy (non-hydrogen) atoms. The molecule has 0 bridgehead atoms. The maximum Gasteiger partial charge on any atom is 0.438 e. The van der Waals surface area contributed by atoms with Crippen LogP contribution in [0, 0.1) is 0 Å². The van der Waals surface area contributed by atoms with E-state index in [1.165, 1.54) is 42.7 Å². The Labute approximate surface area is 148 Å². The van der Waals surface area contributed by atoms with Gasteiger partial charge in [-0.05, 0) is 30.3 Å². The average Bonchev–Trinajstić information content (AvgIpc) is 2.94. The number of rotatable bonds is 2. The van der Waals surface area contributed by atoms with Crippen LogP contribution >= 0.6 is 15.9 Å². The maximum absolute atomic E-state index is 13.5. The second kappa shape index (κ2) is 6.23. The van der Waals surface area contributed by atoms with Crippen molar-refractivity contribution in [3.63, 3.8) is 0 Å². The van der Waals surface area contributed by atoms with Crippen molar-refractivity contribution in [2.24, 2.45) is 5.10 Å². The fourth-order valence-corrected chi connectivity index (χ4v) is 2.83. The molecule has 0 aliphatic carbocycles. The summed E-state index contributed by atoms with van der Waals surface area (Å²) in [5.41, 5.74) is -3.14. The van der Waals surface area contributed by atoms with E-state index in [4.69, 9.17) is 0 Å². The number of aliphatic hydroxyl groups is 1. The summed E-state index contributed by atoms with van der Waals surface area (Å²) in [7, 11) is 0. The molecule has 1 N–H and O–H groups in total. The number of carbonyl (C=O) groups excluding carboxylic acids is 1. The number of pyridine rings is 1. The van der Waals surface area contributed by atoms with E-state index in [9.17, 15) is 23.1 Å². The minimum atomic E-state index is -5.08. The Hall–Kier alpha value is -2.26. The van der Waals surface area contributed by atoms with Gasteiger partial charge in [0.15, 0.2) is 0 Å². The topological polar surface area (TPSA) is 65.8 Å². The maximum atomic E-state index is 13.5. The number of hydrazone groups is 1. The van der Waals surface area contributed by atoms with E-state index < -0.39 is 24.2 Å². The summed E-state index contributed by atoms with van der Waals surface area (Å²) in [6.45, 7) is 0. The van der Waals surface area contributed by atoms with Crippen LogP contribution in [0.5, 0.6) is 0 Å². The van der Waals surface area contributed by atoms with E-state index in [1.807, 2.05) is 0 Å². The number of benzene rings is 1. The van der Waals surface area contributed by atoms with Gasteiger partial charge in [0.25, 0.3) is 11.6 Å². The fraction of sp³-hybridized carbons (Fsp3) is 0.188. The van der Waals surface area contributed by atoms with Gasteiger partial charge in [0.2, 0.25) is 0 Å². The lowest BCUT2D eigenvalue weighted by Gasteiger charge is -2.32. The highest BCUT2D eigenvalue weighted by atomic mass is 79.9. The van der Waals surface area contributed by atoms with Gasteiger partial charge < -0.3 is 5.11 Å². The number of halogens is 4. The van der Waals surface area contributed by atoms with Crippen molar-refractivity contribution in [1.82, 2.24) is 9.99 Å². The molecule has 1 atom stereocenters. The lowest BCUT2D eigenvalue weighted by Crippen LogP contribution is -2.56. The molecule has 0 spiro atoms. The summed E-state index contributed by atoms with van der Waals surface area (Å²) in [5.74, 6) is -1.05. The third-order valence-electron chi connectivity index (χ3n) is 3.72. The van der Waals surface area contributed by atoms with Crippen LogP contribution in [0.2, 0.25) is 0 Å². The Morgan fingerprint density at radius 3 is 2.52 bits per heavy atom. The third kappa shape index (κ3) is 3.16. The zero-order valence-corrected chi connectivity index (χ0v) is 14.1. The van der Waals surface area contributed by atoms with Gasteiger partial charge in [0.1, 0.15) is 0 Å². The van der Waals surface area contributed by atoms with Crippen LogP contribution in [0.15, 0.2) is 58.4 Å². The summed E-state index contributed by atoms with van der Waals surface area (Å²) in [6.07, 6.45) is -3.15. The molecule has 1 aromatic carbocycles. The van der Waals surface area contributed by atoms with Gasteiger partial charge in [-0.2, -0.15) is 23.3 Å². The first-order chi connectivity index (χ1) is 11.7. The molecular weight excluding hydrogens is 403 g/mol. The minimum Gasteiger partial charge on any atom is -0.362 e. The molecule has 0 saturated heterocycles. The first-order valence-electron chi connectivity index (χ1n) is 7.09. The number of aromatic nitrogens is 1. The SMILES string of the molecule is O=C(c1cccc(Br)c1)N1N=C(c2ccncc2)C[C@@]1(O)C(F)(F)F. The third-order valence-corrected chi connectivity index (χ3v) is 4.21. The average molecular weight is 414 g/mol. The van der Waals surface area contributed by atoms with Crippen molar-refractivity contribution in [3.8, 4) is 0 Å². The van der Waals surface area contributed by atoms with E-state index in [2.05, 4.69) is 26.0 Å². The van der Waals surface area contributed by atoms with Gasteiger partial charge in [0.05, 0.1) is 12.1 Å². The highest BCUT2D eigenvalue weighted by molar-refractivity contribution is 9.10. The van der Waals surface area contributed by atoms with Gasteiger partial charge in [-0.15, -0.1) is 0 Å². The van der Waals surface area contributed by atoms with E-state index >= 15 is 0 Å². The lowest BCUT2D eigenvalue weighted by atomic mass is 10.0. The molecule has 1 aliphatic rings. The molecule has 0 unspecified atom stereocenters. The zero-order valence-electron chi connectivity index (χ0n) is 12.5. The first-order valence-corrected chi connectivity index (χ1v) is 7.89. The molecule has 2 heterocycles. The van der Waals surface area contributed by atoms with Crippen LogP contribution in [-0.4, -0.2) is 38.6 Å². The molecule has 9 heteroatoms. The van der Waals surface area contributed by atoms with E-state index in [0.717, 1.165) is 0 Å². The summed E-state index contributed by atoms with van der Waals surface area (Å²) < 4.78 is 41.0. The predicted octanol–water partition coefficient (Wildman–Crippen LogP) is 3.35. The normalized spacial score (nSPS) is 20.5. The molecule has 1 amide bonds. The Morgan fingerprint density at radius 2 is 1.92 bits per heavy atom. The van der Waals surface area contributed by atoms with Crippen molar-refractivity contribution in [2.45, 2.75) is 18.3 Å². The standard InChI is InChI=1S/C16H11BrF3N3O2/c17-12-3-1-2-11(8-12)14(24)23-15(25,16(18,19)20)9-13(22-23)10-4-6-21-7-5-10/h1-8,25H,9H2/t15-/m1/s1. The van der Waals surface area contributed by atoms with E-state index in [0.29, 0.717) is 10.0 Å². The molecule has 0 radical (unpaired) electrons. The van der Waals surface area contributed by atoms with Gasteiger partial charge in [0, 0.05) is 28.0 Å². The monoisotopic (exact) mass is 413 g/mol.